The number of anilines is 2. The molecule has 0 saturated carbocycles. The molecule has 33 heavy (non-hydrogen) atoms. The zero-order chi connectivity index (χ0) is 23.3. The minimum Gasteiger partial charge on any atom is -0.388 e. The lowest BCUT2D eigenvalue weighted by molar-refractivity contribution is -0.00548. The molecule has 0 aliphatic carbocycles. The molecule has 3 aromatic rings. The van der Waals surface area contributed by atoms with Crippen molar-refractivity contribution in [1.82, 2.24) is 24.6 Å². The number of hydrogen-bond donors (Lipinski definition) is 1. The van der Waals surface area contributed by atoms with Crippen molar-refractivity contribution in [2.75, 3.05) is 50.1 Å². The lowest BCUT2D eigenvalue weighted by Gasteiger charge is -2.40. The van der Waals surface area contributed by atoms with Crippen molar-refractivity contribution in [2.45, 2.75) is 44.8 Å². The SMILES string of the molecule is Cc1cc(N2Cc3ccc(N4CCC(O)(CN(C)C)CC4)nc3[C@@H](C)C2)c2cnn(C)c2n1. The molecule has 2 aliphatic heterocycles. The van der Waals surface area contributed by atoms with E-state index in [1.807, 2.05) is 38.9 Å². The molecule has 0 aromatic carbocycles. The Bertz CT molecular complexity index is 1160. The first-order valence-corrected chi connectivity index (χ1v) is 11.9. The van der Waals surface area contributed by atoms with Crippen molar-refractivity contribution in [2.24, 2.45) is 7.05 Å². The molecule has 2 aliphatic rings. The van der Waals surface area contributed by atoms with Crippen molar-refractivity contribution in [1.29, 1.82) is 0 Å². The summed E-state index contributed by atoms with van der Waals surface area (Å²) in [6.45, 7) is 8.45. The van der Waals surface area contributed by atoms with Crippen LogP contribution in [0.1, 0.15) is 42.6 Å². The molecule has 176 valence electrons. The Morgan fingerprint density at radius 3 is 2.64 bits per heavy atom. The number of hydrogen-bond acceptors (Lipinski definition) is 7. The Balaban J connectivity index is 1.37. The number of aliphatic hydroxyl groups is 1. The average molecular weight is 450 g/mol. The van der Waals surface area contributed by atoms with Crippen LogP contribution in [0.25, 0.3) is 11.0 Å². The van der Waals surface area contributed by atoms with Crippen molar-refractivity contribution in [3.63, 3.8) is 0 Å². The highest BCUT2D eigenvalue weighted by Crippen LogP contribution is 2.35. The monoisotopic (exact) mass is 449 g/mol. The predicted molar refractivity (Wildman–Crippen MR) is 132 cm³/mol. The molecule has 8 heteroatoms. The van der Waals surface area contributed by atoms with Crippen LogP contribution in [0.3, 0.4) is 0 Å². The fourth-order valence-electron chi connectivity index (χ4n) is 5.48. The van der Waals surface area contributed by atoms with Gasteiger partial charge >= 0.3 is 0 Å². The summed E-state index contributed by atoms with van der Waals surface area (Å²) in [4.78, 5) is 16.6. The molecule has 0 radical (unpaired) electrons. The number of fused-ring (bicyclic) bond motifs is 2. The van der Waals surface area contributed by atoms with Gasteiger partial charge in [0.15, 0.2) is 5.65 Å². The highest BCUT2D eigenvalue weighted by Gasteiger charge is 2.34. The third-order valence-electron chi connectivity index (χ3n) is 7.10. The van der Waals surface area contributed by atoms with E-state index in [1.165, 1.54) is 16.9 Å². The lowest BCUT2D eigenvalue weighted by Crippen LogP contribution is -2.50. The molecule has 1 fully saturated rings. The Kier molecular flexibility index (Phi) is 5.53. The first kappa shape index (κ1) is 22.1. The molecule has 0 unspecified atom stereocenters. The van der Waals surface area contributed by atoms with Gasteiger partial charge < -0.3 is 19.8 Å². The second-order valence-electron chi connectivity index (χ2n) is 10.2. The maximum Gasteiger partial charge on any atom is 0.159 e. The maximum atomic E-state index is 10.9. The van der Waals surface area contributed by atoms with Crippen molar-refractivity contribution in [3.8, 4) is 0 Å². The van der Waals surface area contributed by atoms with Gasteiger partial charge in [0, 0.05) is 51.4 Å². The van der Waals surface area contributed by atoms with Crippen LogP contribution in [0.2, 0.25) is 0 Å². The van der Waals surface area contributed by atoms with E-state index in [2.05, 4.69) is 49.9 Å². The van der Waals surface area contributed by atoms with Crippen LogP contribution >= 0.6 is 0 Å². The lowest BCUT2D eigenvalue weighted by atomic mass is 9.90. The van der Waals surface area contributed by atoms with Crippen LogP contribution in [0.4, 0.5) is 11.5 Å². The zero-order valence-electron chi connectivity index (χ0n) is 20.4. The van der Waals surface area contributed by atoms with E-state index in [4.69, 9.17) is 4.98 Å². The van der Waals surface area contributed by atoms with E-state index >= 15 is 0 Å². The first-order valence-electron chi connectivity index (χ1n) is 11.9. The largest absolute Gasteiger partial charge is 0.388 e. The van der Waals surface area contributed by atoms with Gasteiger partial charge in [0.2, 0.25) is 0 Å². The number of nitrogens with zero attached hydrogens (tertiary/aromatic N) is 7. The minimum absolute atomic E-state index is 0.323. The van der Waals surface area contributed by atoms with Gasteiger partial charge in [0.1, 0.15) is 5.82 Å². The smallest absolute Gasteiger partial charge is 0.159 e. The van der Waals surface area contributed by atoms with Crippen LogP contribution in [-0.4, -0.2) is 75.6 Å². The Hall–Kier alpha value is -2.71. The van der Waals surface area contributed by atoms with E-state index in [1.54, 1.807) is 0 Å². The molecular formula is C25H35N7O. The van der Waals surface area contributed by atoms with Crippen LogP contribution < -0.4 is 9.80 Å². The quantitative estimate of drug-likeness (QED) is 0.656. The molecule has 8 nitrogen and oxygen atoms in total. The molecule has 0 amide bonds. The summed E-state index contributed by atoms with van der Waals surface area (Å²) in [5, 5.41) is 16.4. The fraction of sp³-hybridized carbons (Fsp3) is 0.560. The van der Waals surface area contributed by atoms with Gasteiger partial charge in [-0.15, -0.1) is 0 Å². The normalized spacial score (nSPS) is 20.5. The van der Waals surface area contributed by atoms with Crippen LogP contribution in [0, 0.1) is 6.92 Å². The number of aromatic nitrogens is 4. The molecule has 1 N–H and O–H groups in total. The number of rotatable bonds is 4. The van der Waals surface area contributed by atoms with Crippen molar-refractivity contribution >= 4 is 22.5 Å². The number of aryl methyl sites for hydroxylation is 2. The maximum absolute atomic E-state index is 10.9. The topological polar surface area (TPSA) is 73.6 Å². The van der Waals surface area contributed by atoms with Crippen molar-refractivity contribution in [3.05, 3.63) is 41.3 Å². The Morgan fingerprint density at radius 2 is 1.91 bits per heavy atom. The summed E-state index contributed by atoms with van der Waals surface area (Å²) in [6, 6.07) is 6.57. The van der Waals surface area contributed by atoms with Gasteiger partial charge in [-0.25, -0.2) is 9.97 Å². The summed E-state index contributed by atoms with van der Waals surface area (Å²) in [7, 11) is 5.99. The molecule has 1 saturated heterocycles. The summed E-state index contributed by atoms with van der Waals surface area (Å²) >= 11 is 0. The molecule has 1 atom stereocenters. The summed E-state index contributed by atoms with van der Waals surface area (Å²) < 4.78 is 1.85. The average Bonchev–Trinajstić information content (AvgIpc) is 3.13. The molecular weight excluding hydrogens is 414 g/mol. The van der Waals surface area contributed by atoms with Crippen molar-refractivity contribution < 1.29 is 5.11 Å². The second kappa shape index (κ2) is 8.25. The Morgan fingerprint density at radius 1 is 1.15 bits per heavy atom. The van der Waals surface area contributed by atoms with Gasteiger partial charge in [0.25, 0.3) is 0 Å². The third-order valence-corrected chi connectivity index (χ3v) is 7.10. The van der Waals surface area contributed by atoms with Crippen LogP contribution in [0.15, 0.2) is 24.4 Å². The predicted octanol–water partition coefficient (Wildman–Crippen LogP) is 2.69. The van der Waals surface area contributed by atoms with E-state index in [-0.39, 0.29) is 0 Å². The zero-order valence-corrected chi connectivity index (χ0v) is 20.4. The van der Waals surface area contributed by atoms with Gasteiger partial charge in [0.05, 0.1) is 28.6 Å². The van der Waals surface area contributed by atoms with E-state index in [9.17, 15) is 5.11 Å². The van der Waals surface area contributed by atoms with Crippen LogP contribution in [0.5, 0.6) is 0 Å². The third kappa shape index (κ3) is 4.17. The van der Waals surface area contributed by atoms with Gasteiger partial charge in [-0.1, -0.05) is 13.0 Å². The molecule has 0 bridgehead atoms. The summed E-state index contributed by atoms with van der Waals surface area (Å²) in [5.41, 5.74) is 5.02. The summed E-state index contributed by atoms with van der Waals surface area (Å²) in [6.07, 6.45) is 3.47. The second-order valence-corrected chi connectivity index (χ2v) is 10.2. The van der Waals surface area contributed by atoms with Gasteiger partial charge in [-0.3, -0.25) is 4.68 Å². The molecule has 5 rings (SSSR count). The first-order chi connectivity index (χ1) is 15.7. The Labute approximate surface area is 195 Å². The standard InChI is InChI=1S/C25H35N7O/c1-17-14-32(21-12-18(2)27-24-20(21)13-26-30(24)5)15-19-6-7-22(28-23(17)19)31-10-8-25(33,9-11-31)16-29(3)4/h6-7,12-13,17,33H,8-11,14-16H2,1-5H3/t17-/m0/s1. The highest BCUT2D eigenvalue weighted by atomic mass is 16.3. The van der Waals surface area contributed by atoms with Gasteiger partial charge in [-0.2, -0.15) is 5.10 Å². The number of piperidine rings is 1. The molecule has 5 heterocycles. The fourth-order valence-corrected chi connectivity index (χ4v) is 5.48. The number of likely N-dealkylation sites (N-methyl/N-ethyl adjacent to an activating group) is 1. The van der Waals surface area contributed by atoms with E-state index in [0.717, 1.165) is 61.6 Å². The molecule has 0 spiro atoms. The van der Waals surface area contributed by atoms with E-state index in [0.29, 0.717) is 12.5 Å². The molecule has 3 aromatic heterocycles. The highest BCUT2D eigenvalue weighted by molar-refractivity contribution is 5.89. The number of pyridine rings is 2. The summed E-state index contributed by atoms with van der Waals surface area (Å²) in [5.74, 6) is 1.36. The van der Waals surface area contributed by atoms with Crippen LogP contribution in [-0.2, 0) is 13.6 Å². The van der Waals surface area contributed by atoms with Gasteiger partial charge in [-0.05, 0) is 51.6 Å². The van der Waals surface area contributed by atoms with E-state index < -0.39 is 5.60 Å². The minimum atomic E-state index is -0.595.